The van der Waals surface area contributed by atoms with Crippen molar-refractivity contribution in [3.8, 4) is 0 Å². The summed E-state index contributed by atoms with van der Waals surface area (Å²) >= 11 is 1.51. The zero-order chi connectivity index (χ0) is 12.3. The van der Waals surface area contributed by atoms with E-state index in [-0.39, 0.29) is 5.91 Å². The van der Waals surface area contributed by atoms with Gasteiger partial charge in [0, 0.05) is 20.0 Å². The first kappa shape index (κ1) is 12.3. The van der Waals surface area contributed by atoms with E-state index in [4.69, 9.17) is 0 Å². The first-order valence-electron chi connectivity index (χ1n) is 5.97. The average Bonchev–Trinajstić information content (AvgIpc) is 2.72. The average molecular weight is 254 g/mol. The Bertz CT molecular complexity index is 393. The molecule has 17 heavy (non-hydrogen) atoms. The SMILES string of the molecule is CNc1nnc(CN2CCC(C)CCC2=O)s1. The van der Waals surface area contributed by atoms with E-state index in [1.165, 1.54) is 11.3 Å². The molecule has 1 atom stereocenters. The molecule has 0 radical (unpaired) electrons. The maximum absolute atomic E-state index is 11.9. The minimum absolute atomic E-state index is 0.246. The van der Waals surface area contributed by atoms with Crippen LogP contribution in [0, 0.1) is 5.92 Å². The van der Waals surface area contributed by atoms with Crippen molar-refractivity contribution in [2.75, 3.05) is 18.9 Å². The Hall–Kier alpha value is -1.17. The topological polar surface area (TPSA) is 58.1 Å². The molecule has 1 aromatic heterocycles. The number of hydrogen-bond donors (Lipinski definition) is 1. The Balaban J connectivity index is 1.99. The van der Waals surface area contributed by atoms with E-state index in [9.17, 15) is 4.79 Å². The molecule has 6 heteroatoms. The Kier molecular flexibility index (Phi) is 3.93. The molecular formula is C11H18N4OS. The summed E-state index contributed by atoms with van der Waals surface area (Å²) in [7, 11) is 1.82. The van der Waals surface area contributed by atoms with E-state index in [0.29, 0.717) is 18.9 Å². The van der Waals surface area contributed by atoms with E-state index < -0.39 is 0 Å². The molecule has 0 spiro atoms. The van der Waals surface area contributed by atoms with Gasteiger partial charge in [-0.25, -0.2) is 0 Å². The fraction of sp³-hybridized carbons (Fsp3) is 0.727. The molecule has 1 N–H and O–H groups in total. The van der Waals surface area contributed by atoms with Crippen molar-refractivity contribution in [3.05, 3.63) is 5.01 Å². The third-order valence-electron chi connectivity index (χ3n) is 3.10. The quantitative estimate of drug-likeness (QED) is 0.892. The van der Waals surface area contributed by atoms with Crippen molar-refractivity contribution < 1.29 is 4.79 Å². The van der Waals surface area contributed by atoms with Gasteiger partial charge < -0.3 is 10.2 Å². The van der Waals surface area contributed by atoms with Crippen LogP contribution in [0.25, 0.3) is 0 Å². The summed E-state index contributed by atoms with van der Waals surface area (Å²) in [6, 6.07) is 0. The summed E-state index contributed by atoms with van der Waals surface area (Å²) in [5, 5.41) is 12.7. The lowest BCUT2D eigenvalue weighted by Gasteiger charge is -2.18. The molecular weight excluding hydrogens is 236 g/mol. The van der Waals surface area contributed by atoms with Crippen LogP contribution in [0.4, 0.5) is 5.13 Å². The van der Waals surface area contributed by atoms with Crippen molar-refractivity contribution in [1.29, 1.82) is 0 Å². The highest BCUT2D eigenvalue weighted by Gasteiger charge is 2.21. The summed E-state index contributed by atoms with van der Waals surface area (Å²) in [5.41, 5.74) is 0. The lowest BCUT2D eigenvalue weighted by atomic mass is 10.0. The number of hydrogen-bond acceptors (Lipinski definition) is 5. The van der Waals surface area contributed by atoms with Gasteiger partial charge in [0.15, 0.2) is 0 Å². The molecule has 0 aromatic carbocycles. The number of rotatable bonds is 3. The smallest absolute Gasteiger partial charge is 0.222 e. The Morgan fingerprint density at radius 1 is 1.47 bits per heavy atom. The van der Waals surface area contributed by atoms with Gasteiger partial charge in [-0.15, -0.1) is 10.2 Å². The molecule has 0 saturated carbocycles. The third kappa shape index (κ3) is 3.15. The molecule has 0 bridgehead atoms. The summed E-state index contributed by atoms with van der Waals surface area (Å²) in [5.74, 6) is 0.891. The minimum atomic E-state index is 0.246. The zero-order valence-corrected chi connectivity index (χ0v) is 11.1. The second-order valence-corrected chi connectivity index (χ2v) is 5.56. The van der Waals surface area contributed by atoms with Gasteiger partial charge >= 0.3 is 0 Å². The molecule has 2 heterocycles. The zero-order valence-electron chi connectivity index (χ0n) is 10.3. The number of anilines is 1. The molecule has 1 aliphatic heterocycles. The lowest BCUT2D eigenvalue weighted by Crippen LogP contribution is -2.29. The highest BCUT2D eigenvalue weighted by Crippen LogP contribution is 2.21. The standard InChI is InChI=1S/C11H18N4OS/c1-8-3-4-10(16)15(6-5-8)7-9-13-14-11(12-2)17-9/h8H,3-7H2,1-2H3,(H,12,14). The van der Waals surface area contributed by atoms with E-state index in [1.54, 1.807) is 0 Å². The van der Waals surface area contributed by atoms with Crippen LogP contribution >= 0.6 is 11.3 Å². The summed E-state index contributed by atoms with van der Waals surface area (Å²) in [6.07, 6.45) is 2.76. The van der Waals surface area contributed by atoms with Gasteiger partial charge in [-0.2, -0.15) is 0 Å². The van der Waals surface area contributed by atoms with Crippen LogP contribution in [0.5, 0.6) is 0 Å². The number of amides is 1. The maximum atomic E-state index is 11.9. The summed E-state index contributed by atoms with van der Waals surface area (Å²) in [4.78, 5) is 13.8. The molecule has 0 aliphatic carbocycles. The van der Waals surface area contributed by atoms with E-state index >= 15 is 0 Å². The molecule has 1 aromatic rings. The van der Waals surface area contributed by atoms with Gasteiger partial charge in [0.2, 0.25) is 11.0 Å². The van der Waals surface area contributed by atoms with E-state index in [1.807, 2.05) is 11.9 Å². The number of likely N-dealkylation sites (tertiary alicyclic amines) is 1. The molecule has 1 aliphatic rings. The fourth-order valence-corrected chi connectivity index (χ4v) is 2.63. The highest BCUT2D eigenvalue weighted by atomic mass is 32.1. The first-order valence-corrected chi connectivity index (χ1v) is 6.78. The second kappa shape index (κ2) is 5.44. The number of carbonyl (C=O) groups is 1. The predicted molar refractivity (Wildman–Crippen MR) is 67.9 cm³/mol. The minimum Gasteiger partial charge on any atom is -0.363 e. The first-order chi connectivity index (χ1) is 8.19. The lowest BCUT2D eigenvalue weighted by molar-refractivity contribution is -0.131. The van der Waals surface area contributed by atoms with Crippen LogP contribution in [0.3, 0.4) is 0 Å². The number of nitrogens with one attached hydrogen (secondary N) is 1. The Morgan fingerprint density at radius 2 is 2.29 bits per heavy atom. The number of carbonyl (C=O) groups excluding carboxylic acids is 1. The van der Waals surface area contributed by atoms with Gasteiger partial charge in [0.05, 0.1) is 6.54 Å². The summed E-state index contributed by atoms with van der Waals surface area (Å²) in [6.45, 7) is 3.65. The van der Waals surface area contributed by atoms with Gasteiger partial charge in [0.1, 0.15) is 5.01 Å². The van der Waals surface area contributed by atoms with Crippen molar-refractivity contribution in [3.63, 3.8) is 0 Å². The Labute approximate surface area is 105 Å². The third-order valence-corrected chi connectivity index (χ3v) is 4.03. The van der Waals surface area contributed by atoms with Gasteiger partial charge in [0.25, 0.3) is 0 Å². The van der Waals surface area contributed by atoms with Gasteiger partial charge in [-0.1, -0.05) is 18.3 Å². The van der Waals surface area contributed by atoms with Crippen LogP contribution in [0.2, 0.25) is 0 Å². The van der Waals surface area contributed by atoms with Crippen molar-refractivity contribution in [1.82, 2.24) is 15.1 Å². The van der Waals surface area contributed by atoms with Gasteiger partial charge in [-0.05, 0) is 18.8 Å². The number of aromatic nitrogens is 2. The second-order valence-electron chi connectivity index (χ2n) is 4.50. The highest BCUT2D eigenvalue weighted by molar-refractivity contribution is 7.15. The normalized spacial score (nSPS) is 21.4. The van der Waals surface area contributed by atoms with E-state index in [2.05, 4.69) is 22.4 Å². The van der Waals surface area contributed by atoms with Crippen molar-refractivity contribution >= 4 is 22.4 Å². The summed E-state index contributed by atoms with van der Waals surface area (Å²) < 4.78 is 0. The predicted octanol–water partition coefficient (Wildman–Crippen LogP) is 1.73. The molecule has 2 rings (SSSR count). The van der Waals surface area contributed by atoms with E-state index in [0.717, 1.165) is 29.5 Å². The molecule has 94 valence electrons. The van der Waals surface area contributed by atoms with Crippen LogP contribution < -0.4 is 5.32 Å². The largest absolute Gasteiger partial charge is 0.363 e. The monoisotopic (exact) mass is 254 g/mol. The Morgan fingerprint density at radius 3 is 3.00 bits per heavy atom. The molecule has 1 saturated heterocycles. The molecule has 1 amide bonds. The van der Waals surface area contributed by atoms with Crippen LogP contribution in [-0.4, -0.2) is 34.6 Å². The molecule has 1 unspecified atom stereocenters. The molecule has 1 fully saturated rings. The number of nitrogens with zero attached hydrogens (tertiary/aromatic N) is 3. The van der Waals surface area contributed by atoms with Gasteiger partial charge in [-0.3, -0.25) is 4.79 Å². The molecule has 5 nitrogen and oxygen atoms in total. The van der Waals surface area contributed by atoms with Crippen LogP contribution in [0.1, 0.15) is 31.2 Å². The van der Waals surface area contributed by atoms with Crippen LogP contribution in [-0.2, 0) is 11.3 Å². The maximum Gasteiger partial charge on any atom is 0.222 e. The van der Waals surface area contributed by atoms with Crippen LogP contribution in [0.15, 0.2) is 0 Å². The van der Waals surface area contributed by atoms with Crippen molar-refractivity contribution in [2.24, 2.45) is 5.92 Å². The fourth-order valence-electron chi connectivity index (χ4n) is 1.92. The van der Waals surface area contributed by atoms with Crippen molar-refractivity contribution in [2.45, 2.75) is 32.7 Å².